The molecule has 1 aliphatic carbocycles. The lowest BCUT2D eigenvalue weighted by molar-refractivity contribution is -0.133. The second-order valence-corrected chi connectivity index (χ2v) is 8.45. The lowest BCUT2D eigenvalue weighted by atomic mass is 10.1. The van der Waals surface area contributed by atoms with Crippen LogP contribution in [0.3, 0.4) is 0 Å². The Hall–Kier alpha value is -2.83. The largest absolute Gasteiger partial charge is 0.490 e. The highest BCUT2D eigenvalue weighted by Gasteiger charge is 2.28. The molecule has 7 nitrogen and oxygen atoms in total. The molecule has 1 aromatic heterocycles. The topological polar surface area (TPSA) is 73.7 Å². The fourth-order valence-electron chi connectivity index (χ4n) is 4.56. The summed E-state index contributed by atoms with van der Waals surface area (Å²) in [5.41, 5.74) is 3.48. The van der Waals surface area contributed by atoms with E-state index in [-0.39, 0.29) is 18.6 Å². The minimum Gasteiger partial charge on any atom is -0.490 e. The van der Waals surface area contributed by atoms with Gasteiger partial charge in [0.2, 0.25) is 5.91 Å². The first-order chi connectivity index (χ1) is 15.1. The number of carbonyl (C=O) groups is 2. The molecule has 1 saturated heterocycles. The fraction of sp³-hybridized carbons (Fsp3) is 0.542. The molecule has 0 bridgehead atoms. The van der Waals surface area contributed by atoms with Gasteiger partial charge >= 0.3 is 5.97 Å². The number of likely N-dealkylation sites (tertiary alicyclic amines) is 1. The predicted octanol–water partition coefficient (Wildman–Crippen LogP) is 3.32. The number of amides is 1. The third-order valence-corrected chi connectivity index (χ3v) is 6.35. The van der Waals surface area contributed by atoms with Crippen LogP contribution in [0.1, 0.15) is 59.4 Å². The molecule has 0 saturated carbocycles. The molecule has 0 radical (unpaired) electrons. The number of para-hydroxylation sites is 1. The molecule has 0 unspecified atom stereocenters. The van der Waals surface area contributed by atoms with Gasteiger partial charge in [0.25, 0.3) is 0 Å². The zero-order valence-corrected chi connectivity index (χ0v) is 18.4. The monoisotopic (exact) mass is 425 g/mol. The Morgan fingerprint density at radius 2 is 1.84 bits per heavy atom. The summed E-state index contributed by atoms with van der Waals surface area (Å²) in [6.45, 7) is 3.55. The number of fused-ring (bicyclic) bond motifs is 1. The van der Waals surface area contributed by atoms with Crippen molar-refractivity contribution in [1.82, 2.24) is 14.7 Å². The minimum absolute atomic E-state index is 0.0419. The van der Waals surface area contributed by atoms with E-state index in [1.807, 2.05) is 36.1 Å². The minimum atomic E-state index is -0.418. The van der Waals surface area contributed by atoms with Crippen molar-refractivity contribution in [3.05, 3.63) is 46.8 Å². The summed E-state index contributed by atoms with van der Waals surface area (Å²) in [5.74, 6) is 0.542. The van der Waals surface area contributed by atoms with Crippen LogP contribution in [0, 0.1) is 6.92 Å². The van der Waals surface area contributed by atoms with Gasteiger partial charge in [-0.05, 0) is 44.2 Å². The third kappa shape index (κ3) is 4.75. The van der Waals surface area contributed by atoms with Gasteiger partial charge in [0.15, 0.2) is 5.69 Å². The second-order valence-electron chi connectivity index (χ2n) is 8.45. The smallest absolute Gasteiger partial charge is 0.358 e. The number of hydrogen-bond donors (Lipinski definition) is 0. The van der Waals surface area contributed by atoms with E-state index in [9.17, 15) is 9.59 Å². The summed E-state index contributed by atoms with van der Waals surface area (Å²) in [6.07, 6.45) is 6.61. The Kier molecular flexibility index (Phi) is 6.59. The number of rotatable bonds is 5. The van der Waals surface area contributed by atoms with Crippen molar-refractivity contribution in [3.8, 4) is 5.75 Å². The molecule has 166 valence electrons. The molecular formula is C24H31N3O4. The van der Waals surface area contributed by atoms with Crippen molar-refractivity contribution in [3.63, 3.8) is 0 Å². The van der Waals surface area contributed by atoms with E-state index < -0.39 is 5.97 Å². The van der Waals surface area contributed by atoms with Crippen LogP contribution in [0.15, 0.2) is 24.3 Å². The third-order valence-electron chi connectivity index (χ3n) is 6.35. The van der Waals surface area contributed by atoms with E-state index in [0.29, 0.717) is 18.8 Å². The van der Waals surface area contributed by atoms with Crippen molar-refractivity contribution in [2.24, 2.45) is 0 Å². The molecule has 0 spiro atoms. The van der Waals surface area contributed by atoms with E-state index in [0.717, 1.165) is 67.5 Å². The number of hydrogen-bond acceptors (Lipinski definition) is 5. The van der Waals surface area contributed by atoms with Crippen LogP contribution in [0.25, 0.3) is 0 Å². The highest BCUT2D eigenvalue weighted by molar-refractivity contribution is 5.89. The van der Waals surface area contributed by atoms with E-state index in [4.69, 9.17) is 9.47 Å². The molecule has 0 N–H and O–H groups in total. The van der Waals surface area contributed by atoms with Crippen molar-refractivity contribution >= 4 is 11.9 Å². The number of ether oxygens (including phenoxy) is 2. The van der Waals surface area contributed by atoms with Crippen LogP contribution in [-0.4, -0.2) is 52.9 Å². The summed E-state index contributed by atoms with van der Waals surface area (Å²) in [4.78, 5) is 27.1. The van der Waals surface area contributed by atoms with Crippen LogP contribution < -0.4 is 4.74 Å². The molecule has 31 heavy (non-hydrogen) atoms. The maximum atomic E-state index is 13.0. The van der Waals surface area contributed by atoms with Crippen molar-refractivity contribution < 1.29 is 19.1 Å². The number of aromatic nitrogens is 2. The van der Waals surface area contributed by atoms with Crippen LogP contribution in [0.5, 0.6) is 5.75 Å². The second kappa shape index (κ2) is 9.54. The highest BCUT2D eigenvalue weighted by atomic mass is 16.5. The Bertz CT molecular complexity index is 944. The number of benzene rings is 1. The van der Waals surface area contributed by atoms with Crippen molar-refractivity contribution in [1.29, 1.82) is 0 Å². The zero-order chi connectivity index (χ0) is 21.8. The molecule has 2 aromatic rings. The SMILES string of the molecule is COC(=O)c1nn(CC(=O)N2CCC(Oc3ccccc3C)CC2)c2c1CCCCC2. The molecule has 2 heterocycles. The normalized spacial score (nSPS) is 17.0. The van der Waals surface area contributed by atoms with Gasteiger partial charge in [-0.25, -0.2) is 4.79 Å². The maximum Gasteiger partial charge on any atom is 0.358 e. The van der Waals surface area contributed by atoms with Crippen LogP contribution >= 0.6 is 0 Å². The van der Waals surface area contributed by atoms with E-state index in [2.05, 4.69) is 5.10 Å². The number of carbonyl (C=O) groups excluding carboxylic acids is 2. The molecule has 2 aliphatic rings. The fourth-order valence-corrected chi connectivity index (χ4v) is 4.56. The first-order valence-electron chi connectivity index (χ1n) is 11.2. The maximum absolute atomic E-state index is 13.0. The average molecular weight is 426 g/mol. The number of methoxy groups -OCH3 is 1. The van der Waals surface area contributed by atoms with E-state index >= 15 is 0 Å². The Balaban J connectivity index is 1.40. The van der Waals surface area contributed by atoms with Crippen molar-refractivity contribution in [2.75, 3.05) is 20.2 Å². The van der Waals surface area contributed by atoms with E-state index in [1.165, 1.54) is 7.11 Å². The van der Waals surface area contributed by atoms with E-state index in [1.54, 1.807) is 4.68 Å². The summed E-state index contributed by atoms with van der Waals surface area (Å²) >= 11 is 0. The first-order valence-corrected chi connectivity index (χ1v) is 11.2. The lowest BCUT2D eigenvalue weighted by Crippen LogP contribution is -2.43. The first kappa shape index (κ1) is 21.4. The molecule has 1 aromatic carbocycles. The predicted molar refractivity (Wildman–Crippen MR) is 116 cm³/mol. The summed E-state index contributed by atoms with van der Waals surface area (Å²) in [7, 11) is 1.37. The standard InChI is InChI=1S/C24H31N3O4/c1-17-8-6-7-11-21(17)31-18-12-14-26(15-13-18)22(28)16-27-20-10-5-3-4-9-19(20)23(25-27)24(29)30-2/h6-8,11,18H,3-5,9-10,12-16H2,1-2H3. The number of aryl methyl sites for hydroxylation is 1. The van der Waals surface area contributed by atoms with Gasteiger partial charge < -0.3 is 14.4 Å². The lowest BCUT2D eigenvalue weighted by Gasteiger charge is -2.32. The number of esters is 1. The summed E-state index contributed by atoms with van der Waals surface area (Å²) in [5, 5.41) is 4.49. The van der Waals surface area contributed by atoms with Gasteiger partial charge in [0, 0.05) is 37.2 Å². The van der Waals surface area contributed by atoms with Gasteiger partial charge in [-0.2, -0.15) is 5.10 Å². The van der Waals surface area contributed by atoms with Crippen molar-refractivity contribution in [2.45, 2.75) is 64.5 Å². The van der Waals surface area contributed by atoms with Gasteiger partial charge in [0.05, 0.1) is 7.11 Å². The quantitative estimate of drug-likeness (QED) is 0.543. The van der Waals surface area contributed by atoms with Gasteiger partial charge in [-0.3, -0.25) is 9.48 Å². The van der Waals surface area contributed by atoms with Crippen LogP contribution in [0.2, 0.25) is 0 Å². The Morgan fingerprint density at radius 1 is 1.10 bits per heavy atom. The van der Waals surface area contributed by atoms with Crippen LogP contribution in [0.4, 0.5) is 0 Å². The molecule has 1 amide bonds. The van der Waals surface area contributed by atoms with Gasteiger partial charge in [0.1, 0.15) is 18.4 Å². The zero-order valence-electron chi connectivity index (χ0n) is 18.4. The van der Waals surface area contributed by atoms with Gasteiger partial charge in [-0.1, -0.05) is 24.6 Å². The molecule has 1 aliphatic heterocycles. The molecule has 0 atom stereocenters. The van der Waals surface area contributed by atoms with Crippen LogP contribution in [-0.2, 0) is 28.9 Å². The molecule has 7 heteroatoms. The number of nitrogens with zero attached hydrogens (tertiary/aromatic N) is 3. The number of piperidine rings is 1. The average Bonchev–Trinajstić information content (AvgIpc) is 2.95. The summed E-state index contributed by atoms with van der Waals surface area (Å²) in [6, 6.07) is 8.03. The highest BCUT2D eigenvalue weighted by Crippen LogP contribution is 2.26. The Labute approximate surface area is 183 Å². The summed E-state index contributed by atoms with van der Waals surface area (Å²) < 4.78 is 12.8. The molecule has 1 fully saturated rings. The molecular weight excluding hydrogens is 394 g/mol. The Morgan fingerprint density at radius 3 is 2.58 bits per heavy atom. The van der Waals surface area contributed by atoms with Gasteiger partial charge in [-0.15, -0.1) is 0 Å². The molecule has 4 rings (SSSR count).